The van der Waals surface area contributed by atoms with E-state index in [9.17, 15) is 0 Å². The average molecular weight is 222 g/mol. The smallest absolute Gasteiger partial charge is 0.119 e. The zero-order chi connectivity index (χ0) is 11.8. The molecule has 0 unspecified atom stereocenters. The standard InChI is InChI=1S/C14H22O2/c1-3-4-5-6-7-16-14-9-12(2)8-13(10-14)11-15/h8-10,15H,3-7,11H2,1-2H3. The molecule has 0 aliphatic heterocycles. The zero-order valence-electron chi connectivity index (χ0n) is 10.3. The quantitative estimate of drug-likeness (QED) is 0.716. The van der Waals surface area contributed by atoms with E-state index in [1.165, 1.54) is 19.3 Å². The Morgan fingerprint density at radius 2 is 1.94 bits per heavy atom. The largest absolute Gasteiger partial charge is 0.494 e. The maximum absolute atomic E-state index is 9.07. The van der Waals surface area contributed by atoms with Crippen LogP contribution >= 0.6 is 0 Å². The molecule has 0 saturated carbocycles. The number of ether oxygens (including phenoxy) is 1. The van der Waals surface area contributed by atoms with E-state index in [0.29, 0.717) is 0 Å². The van der Waals surface area contributed by atoms with Crippen LogP contribution in [-0.4, -0.2) is 11.7 Å². The molecule has 90 valence electrons. The third-order valence-corrected chi connectivity index (χ3v) is 2.56. The highest BCUT2D eigenvalue weighted by Crippen LogP contribution is 2.17. The van der Waals surface area contributed by atoms with Gasteiger partial charge in [-0.15, -0.1) is 0 Å². The maximum Gasteiger partial charge on any atom is 0.119 e. The van der Waals surface area contributed by atoms with Crippen molar-refractivity contribution in [3.8, 4) is 5.75 Å². The van der Waals surface area contributed by atoms with Crippen molar-refractivity contribution in [1.82, 2.24) is 0 Å². The molecule has 1 N–H and O–H groups in total. The van der Waals surface area contributed by atoms with Crippen molar-refractivity contribution in [1.29, 1.82) is 0 Å². The number of aliphatic hydroxyl groups is 1. The summed E-state index contributed by atoms with van der Waals surface area (Å²) in [7, 11) is 0. The van der Waals surface area contributed by atoms with Crippen molar-refractivity contribution in [2.45, 2.75) is 46.1 Å². The van der Waals surface area contributed by atoms with Crippen LogP contribution in [0.1, 0.15) is 43.7 Å². The van der Waals surface area contributed by atoms with Crippen LogP contribution in [0.4, 0.5) is 0 Å². The first-order chi connectivity index (χ1) is 7.76. The van der Waals surface area contributed by atoms with Gasteiger partial charge in [-0.2, -0.15) is 0 Å². The lowest BCUT2D eigenvalue weighted by Crippen LogP contribution is -1.98. The van der Waals surface area contributed by atoms with E-state index in [1.807, 2.05) is 25.1 Å². The fourth-order valence-corrected chi connectivity index (χ4v) is 1.72. The summed E-state index contributed by atoms with van der Waals surface area (Å²) < 4.78 is 5.66. The van der Waals surface area contributed by atoms with Crippen molar-refractivity contribution < 1.29 is 9.84 Å². The van der Waals surface area contributed by atoms with Crippen molar-refractivity contribution >= 4 is 0 Å². The van der Waals surface area contributed by atoms with E-state index in [1.54, 1.807) is 0 Å². The SMILES string of the molecule is CCCCCCOc1cc(C)cc(CO)c1. The molecule has 1 rings (SSSR count). The Morgan fingerprint density at radius 3 is 2.62 bits per heavy atom. The second-order valence-electron chi connectivity index (χ2n) is 4.22. The Bertz CT molecular complexity index is 308. The number of benzene rings is 1. The molecular weight excluding hydrogens is 200 g/mol. The number of aliphatic hydroxyl groups excluding tert-OH is 1. The molecule has 2 nitrogen and oxygen atoms in total. The topological polar surface area (TPSA) is 29.5 Å². The highest BCUT2D eigenvalue weighted by molar-refractivity contribution is 5.33. The van der Waals surface area contributed by atoms with Crippen molar-refractivity contribution in [2.75, 3.05) is 6.61 Å². The van der Waals surface area contributed by atoms with Gasteiger partial charge in [0.05, 0.1) is 13.2 Å². The summed E-state index contributed by atoms with van der Waals surface area (Å²) >= 11 is 0. The third kappa shape index (κ3) is 4.67. The van der Waals surface area contributed by atoms with E-state index < -0.39 is 0 Å². The molecule has 2 heteroatoms. The minimum Gasteiger partial charge on any atom is -0.494 e. The molecule has 16 heavy (non-hydrogen) atoms. The Hall–Kier alpha value is -1.02. The lowest BCUT2D eigenvalue weighted by Gasteiger charge is -2.08. The molecule has 0 saturated heterocycles. The summed E-state index contributed by atoms with van der Waals surface area (Å²) in [4.78, 5) is 0. The first kappa shape index (κ1) is 13.0. The highest BCUT2D eigenvalue weighted by atomic mass is 16.5. The fraction of sp³-hybridized carbons (Fsp3) is 0.571. The molecular formula is C14H22O2. The van der Waals surface area contributed by atoms with Gasteiger partial charge in [-0.3, -0.25) is 0 Å². The number of hydrogen-bond donors (Lipinski definition) is 1. The van der Waals surface area contributed by atoms with Crippen LogP contribution < -0.4 is 4.74 Å². The Kier molecular flexibility index (Phi) is 5.94. The van der Waals surface area contributed by atoms with Crippen LogP contribution in [0.2, 0.25) is 0 Å². The van der Waals surface area contributed by atoms with E-state index in [2.05, 4.69) is 6.92 Å². The number of rotatable bonds is 7. The second-order valence-corrected chi connectivity index (χ2v) is 4.22. The average Bonchev–Trinajstić information content (AvgIpc) is 2.28. The Balaban J connectivity index is 2.38. The van der Waals surface area contributed by atoms with Gasteiger partial charge in [0.15, 0.2) is 0 Å². The first-order valence-electron chi connectivity index (χ1n) is 6.10. The predicted molar refractivity (Wildman–Crippen MR) is 66.7 cm³/mol. The number of unbranched alkanes of at least 4 members (excludes halogenated alkanes) is 3. The molecule has 0 amide bonds. The summed E-state index contributed by atoms with van der Waals surface area (Å²) in [5, 5.41) is 9.07. The van der Waals surface area contributed by atoms with Gasteiger partial charge in [0.1, 0.15) is 5.75 Å². The van der Waals surface area contributed by atoms with Gasteiger partial charge >= 0.3 is 0 Å². The summed E-state index contributed by atoms with van der Waals surface area (Å²) in [5.41, 5.74) is 2.05. The van der Waals surface area contributed by atoms with E-state index in [4.69, 9.17) is 9.84 Å². The Labute approximate surface area is 98.3 Å². The maximum atomic E-state index is 9.07. The van der Waals surface area contributed by atoms with Gasteiger partial charge in [-0.05, 0) is 36.6 Å². The van der Waals surface area contributed by atoms with Gasteiger partial charge in [0, 0.05) is 0 Å². The molecule has 1 aromatic rings. The lowest BCUT2D eigenvalue weighted by atomic mass is 10.1. The molecule has 0 aliphatic rings. The molecule has 1 aromatic carbocycles. The zero-order valence-corrected chi connectivity index (χ0v) is 10.3. The molecule has 0 radical (unpaired) electrons. The van der Waals surface area contributed by atoms with E-state index >= 15 is 0 Å². The van der Waals surface area contributed by atoms with Crippen molar-refractivity contribution in [3.05, 3.63) is 29.3 Å². The van der Waals surface area contributed by atoms with Crippen LogP contribution in [0.15, 0.2) is 18.2 Å². The molecule has 0 atom stereocenters. The van der Waals surface area contributed by atoms with Crippen LogP contribution in [0.5, 0.6) is 5.75 Å². The monoisotopic (exact) mass is 222 g/mol. The van der Waals surface area contributed by atoms with Gasteiger partial charge in [-0.1, -0.05) is 32.3 Å². The second kappa shape index (κ2) is 7.29. The Morgan fingerprint density at radius 1 is 1.12 bits per heavy atom. The first-order valence-corrected chi connectivity index (χ1v) is 6.10. The van der Waals surface area contributed by atoms with Crippen molar-refractivity contribution in [3.63, 3.8) is 0 Å². The van der Waals surface area contributed by atoms with Crippen LogP contribution in [0, 0.1) is 6.92 Å². The molecule has 0 aliphatic carbocycles. The lowest BCUT2D eigenvalue weighted by molar-refractivity contribution is 0.278. The molecule has 0 fully saturated rings. The van der Waals surface area contributed by atoms with Crippen LogP contribution in [0.3, 0.4) is 0 Å². The number of hydrogen-bond acceptors (Lipinski definition) is 2. The van der Waals surface area contributed by atoms with E-state index in [0.717, 1.165) is 29.9 Å². The minimum atomic E-state index is 0.0773. The van der Waals surface area contributed by atoms with Gasteiger partial charge < -0.3 is 9.84 Å². The molecule has 0 aromatic heterocycles. The summed E-state index contributed by atoms with van der Waals surface area (Å²) in [5.74, 6) is 0.876. The summed E-state index contributed by atoms with van der Waals surface area (Å²) in [6.45, 7) is 5.07. The van der Waals surface area contributed by atoms with Crippen LogP contribution in [-0.2, 0) is 6.61 Å². The fourth-order valence-electron chi connectivity index (χ4n) is 1.72. The van der Waals surface area contributed by atoms with Gasteiger partial charge in [0.2, 0.25) is 0 Å². The summed E-state index contributed by atoms with van der Waals surface area (Å²) in [6, 6.07) is 5.90. The predicted octanol–water partition coefficient (Wildman–Crippen LogP) is 3.45. The van der Waals surface area contributed by atoms with E-state index in [-0.39, 0.29) is 6.61 Å². The normalized spacial score (nSPS) is 10.4. The minimum absolute atomic E-state index is 0.0773. The van der Waals surface area contributed by atoms with Crippen molar-refractivity contribution in [2.24, 2.45) is 0 Å². The van der Waals surface area contributed by atoms with Gasteiger partial charge in [0.25, 0.3) is 0 Å². The molecule has 0 spiro atoms. The molecule has 0 heterocycles. The summed E-state index contributed by atoms with van der Waals surface area (Å²) in [6.07, 6.45) is 4.86. The van der Waals surface area contributed by atoms with Gasteiger partial charge in [-0.25, -0.2) is 0 Å². The van der Waals surface area contributed by atoms with Crippen LogP contribution in [0.25, 0.3) is 0 Å². The highest BCUT2D eigenvalue weighted by Gasteiger charge is 1.98. The molecule has 0 bridgehead atoms. The number of aryl methyl sites for hydroxylation is 1. The third-order valence-electron chi connectivity index (χ3n) is 2.56.